The zero-order chi connectivity index (χ0) is 22.5. The van der Waals surface area contributed by atoms with E-state index in [1.54, 1.807) is 0 Å². The molecule has 182 valence electrons. The predicted octanol–water partition coefficient (Wildman–Crippen LogP) is 3.28. The van der Waals surface area contributed by atoms with Crippen LogP contribution >= 0.6 is 7.82 Å². The third kappa shape index (κ3) is 11.2. The first-order chi connectivity index (χ1) is 14.9. The van der Waals surface area contributed by atoms with E-state index in [-0.39, 0.29) is 24.5 Å². The van der Waals surface area contributed by atoms with Crippen LogP contribution in [0.25, 0.3) is 0 Å². The van der Waals surface area contributed by atoms with Crippen molar-refractivity contribution >= 4 is 13.7 Å². The molecule has 0 aromatic rings. The van der Waals surface area contributed by atoms with Crippen LogP contribution in [-0.4, -0.2) is 61.1 Å². The van der Waals surface area contributed by atoms with E-state index < -0.39 is 20.2 Å². The maximum atomic E-state index is 12.3. The van der Waals surface area contributed by atoms with Crippen LogP contribution in [-0.2, 0) is 28.1 Å². The van der Waals surface area contributed by atoms with E-state index in [0.29, 0.717) is 13.0 Å². The minimum absolute atomic E-state index is 0.201. The van der Waals surface area contributed by atoms with E-state index in [1.165, 1.54) is 39.2 Å². The van der Waals surface area contributed by atoms with Crippen molar-refractivity contribution in [2.45, 2.75) is 95.5 Å². The summed E-state index contributed by atoms with van der Waals surface area (Å²) in [6.45, 7) is 1.04. The summed E-state index contributed by atoms with van der Waals surface area (Å²) in [6.07, 6.45) is 11.3. The molecule has 0 bridgehead atoms. The van der Waals surface area contributed by atoms with Crippen LogP contribution in [0.3, 0.4) is 0 Å². The van der Waals surface area contributed by atoms with Gasteiger partial charge in [-0.25, -0.2) is 4.57 Å². The second kappa shape index (κ2) is 14.6. The molecule has 9 nitrogen and oxygen atoms in total. The van der Waals surface area contributed by atoms with Crippen molar-refractivity contribution in [2.24, 2.45) is 5.92 Å². The zero-order valence-electron chi connectivity index (χ0n) is 18.7. The van der Waals surface area contributed by atoms with E-state index in [9.17, 15) is 9.36 Å². The number of hydrogen-bond donors (Lipinski definition) is 3. The van der Waals surface area contributed by atoms with Crippen LogP contribution in [0.5, 0.6) is 0 Å². The highest BCUT2D eigenvalue weighted by Crippen LogP contribution is 2.37. The maximum Gasteiger partial charge on any atom is 0.469 e. The lowest BCUT2D eigenvalue weighted by atomic mass is 9.90. The number of methoxy groups -OCH3 is 1. The Labute approximate surface area is 185 Å². The largest absolute Gasteiger partial charge is 0.469 e. The van der Waals surface area contributed by atoms with Gasteiger partial charge < -0.3 is 29.3 Å². The van der Waals surface area contributed by atoms with E-state index >= 15 is 0 Å². The molecule has 2 fully saturated rings. The van der Waals surface area contributed by atoms with Crippen molar-refractivity contribution in [1.82, 2.24) is 5.32 Å². The molecule has 0 spiro atoms. The van der Waals surface area contributed by atoms with E-state index in [1.807, 2.05) is 0 Å². The standard InChI is InChI=1S/C21H40NO8P/c1-27-18-15-20(30-19(18)16-29-31(24,25)26)28-14-10-6-5-9-13-22-21(23)17-11-7-3-2-4-8-12-17/h17-20H,2-16H2,1H3,(H,22,23)(H2,24,25,26). The SMILES string of the molecule is COC1CC(OCCCCCCNC(=O)C2CCCCCCC2)OC1COP(=O)(O)O. The number of ether oxygens (including phenoxy) is 3. The van der Waals surface area contributed by atoms with Gasteiger partial charge in [0, 0.05) is 32.6 Å². The van der Waals surface area contributed by atoms with Gasteiger partial charge in [-0.2, -0.15) is 0 Å². The van der Waals surface area contributed by atoms with Gasteiger partial charge in [-0.1, -0.05) is 44.9 Å². The molecule has 1 aliphatic carbocycles. The number of hydrogen-bond acceptors (Lipinski definition) is 6. The number of unbranched alkanes of at least 4 members (excludes halogenated alkanes) is 3. The Kier molecular flexibility index (Phi) is 12.6. The molecular formula is C21H40NO8P. The van der Waals surface area contributed by atoms with Crippen LogP contribution in [0.2, 0.25) is 0 Å². The third-order valence-electron chi connectivity index (χ3n) is 6.03. The molecular weight excluding hydrogens is 425 g/mol. The Morgan fingerprint density at radius 3 is 2.42 bits per heavy atom. The molecule has 3 N–H and O–H groups in total. The summed E-state index contributed by atoms with van der Waals surface area (Å²) in [5.41, 5.74) is 0. The van der Waals surface area contributed by atoms with Gasteiger partial charge in [0.15, 0.2) is 6.29 Å². The van der Waals surface area contributed by atoms with Crippen molar-refractivity contribution in [2.75, 3.05) is 26.9 Å². The molecule has 0 aromatic heterocycles. The number of nitrogens with one attached hydrogen (secondary N) is 1. The van der Waals surface area contributed by atoms with Crippen LogP contribution in [0, 0.1) is 5.92 Å². The Balaban J connectivity index is 1.48. The van der Waals surface area contributed by atoms with Gasteiger partial charge in [-0.05, 0) is 25.7 Å². The number of rotatable bonds is 13. The van der Waals surface area contributed by atoms with E-state index in [4.69, 9.17) is 24.0 Å². The number of amides is 1. The first-order valence-electron chi connectivity index (χ1n) is 11.7. The van der Waals surface area contributed by atoms with Gasteiger partial charge in [0.25, 0.3) is 0 Å². The highest BCUT2D eigenvalue weighted by Gasteiger charge is 2.37. The molecule has 3 unspecified atom stereocenters. The van der Waals surface area contributed by atoms with Crippen molar-refractivity contribution in [1.29, 1.82) is 0 Å². The molecule has 2 aliphatic rings. The van der Waals surface area contributed by atoms with Gasteiger partial charge in [-0.15, -0.1) is 0 Å². The highest BCUT2D eigenvalue weighted by molar-refractivity contribution is 7.46. The molecule has 2 rings (SSSR count). The van der Waals surface area contributed by atoms with Crippen LogP contribution < -0.4 is 5.32 Å². The van der Waals surface area contributed by atoms with Gasteiger partial charge in [0.2, 0.25) is 5.91 Å². The fourth-order valence-corrected chi connectivity index (χ4v) is 4.56. The first kappa shape index (κ1) is 26.7. The Hall–Kier alpha value is -0.540. The lowest BCUT2D eigenvalue weighted by molar-refractivity contribution is -0.143. The predicted molar refractivity (Wildman–Crippen MR) is 115 cm³/mol. The van der Waals surface area contributed by atoms with Crippen LogP contribution in [0.1, 0.15) is 77.0 Å². The molecule has 0 radical (unpaired) electrons. The molecule has 1 amide bonds. The molecule has 1 heterocycles. The molecule has 31 heavy (non-hydrogen) atoms. The molecule has 10 heteroatoms. The maximum absolute atomic E-state index is 12.3. The Morgan fingerprint density at radius 2 is 1.74 bits per heavy atom. The minimum atomic E-state index is -4.54. The number of phosphoric acid groups is 1. The van der Waals surface area contributed by atoms with Gasteiger partial charge >= 0.3 is 7.82 Å². The summed E-state index contributed by atoms with van der Waals surface area (Å²) in [4.78, 5) is 30.0. The van der Waals surface area contributed by atoms with Crippen molar-refractivity contribution in [3.8, 4) is 0 Å². The smallest absolute Gasteiger partial charge is 0.378 e. The quantitative estimate of drug-likeness (QED) is 0.280. The first-order valence-corrected chi connectivity index (χ1v) is 13.2. The summed E-state index contributed by atoms with van der Waals surface area (Å²) >= 11 is 0. The van der Waals surface area contributed by atoms with Crippen LogP contribution in [0.15, 0.2) is 0 Å². The summed E-state index contributed by atoms with van der Waals surface area (Å²) in [5, 5.41) is 3.10. The number of phosphoric ester groups is 1. The zero-order valence-corrected chi connectivity index (χ0v) is 19.6. The second-order valence-corrected chi connectivity index (χ2v) is 9.76. The second-order valence-electron chi connectivity index (χ2n) is 8.52. The van der Waals surface area contributed by atoms with Gasteiger partial charge in [0.05, 0.1) is 12.7 Å². The summed E-state index contributed by atoms with van der Waals surface area (Å²) in [6, 6.07) is 0. The summed E-state index contributed by atoms with van der Waals surface area (Å²) in [5.74, 6) is 0.431. The monoisotopic (exact) mass is 465 g/mol. The lowest BCUT2D eigenvalue weighted by Crippen LogP contribution is -2.31. The number of carbonyl (C=O) groups excluding carboxylic acids is 1. The fraction of sp³-hybridized carbons (Fsp3) is 0.952. The minimum Gasteiger partial charge on any atom is -0.378 e. The molecule has 1 aliphatic heterocycles. The Morgan fingerprint density at radius 1 is 1.06 bits per heavy atom. The Bertz CT molecular complexity index is 549. The number of carbonyl (C=O) groups is 1. The van der Waals surface area contributed by atoms with E-state index in [2.05, 4.69) is 9.84 Å². The van der Waals surface area contributed by atoms with Gasteiger partial charge in [0.1, 0.15) is 6.10 Å². The summed E-state index contributed by atoms with van der Waals surface area (Å²) < 4.78 is 32.0. The molecule has 1 saturated carbocycles. The van der Waals surface area contributed by atoms with Gasteiger partial charge in [-0.3, -0.25) is 9.32 Å². The topological polar surface area (TPSA) is 124 Å². The van der Waals surface area contributed by atoms with Crippen molar-refractivity contribution in [3.63, 3.8) is 0 Å². The average Bonchev–Trinajstić information content (AvgIpc) is 3.09. The highest BCUT2D eigenvalue weighted by atomic mass is 31.2. The summed E-state index contributed by atoms with van der Waals surface area (Å²) in [7, 11) is -3.01. The van der Waals surface area contributed by atoms with Crippen molar-refractivity contribution < 1.29 is 37.9 Å². The average molecular weight is 466 g/mol. The third-order valence-corrected chi connectivity index (χ3v) is 6.51. The molecule has 1 saturated heterocycles. The van der Waals surface area contributed by atoms with Crippen LogP contribution in [0.4, 0.5) is 0 Å². The van der Waals surface area contributed by atoms with Crippen molar-refractivity contribution in [3.05, 3.63) is 0 Å². The normalized spacial score (nSPS) is 25.8. The lowest BCUT2D eigenvalue weighted by Gasteiger charge is -2.19. The molecule has 3 atom stereocenters. The van der Waals surface area contributed by atoms with E-state index in [0.717, 1.165) is 45.1 Å². The fourth-order valence-electron chi connectivity index (χ4n) is 4.22. The molecule has 0 aromatic carbocycles.